The third kappa shape index (κ3) is 51.6. The fraction of sp³-hybridized carbons (Fsp3) is 0.982. The Labute approximate surface area is 372 Å². The van der Waals surface area contributed by atoms with Crippen molar-refractivity contribution in [1.29, 1.82) is 0 Å². The summed E-state index contributed by atoms with van der Waals surface area (Å²) in [6.45, 7) is 9.31. The molecule has 0 saturated carbocycles. The maximum absolute atomic E-state index is 12.8. The molecule has 0 heterocycles. The highest BCUT2D eigenvalue weighted by Crippen LogP contribution is 2.17. The first-order chi connectivity index (χ1) is 29.2. The average Bonchev–Trinajstić information content (AvgIpc) is 3.24. The van der Waals surface area contributed by atoms with Crippen molar-refractivity contribution in [2.45, 2.75) is 322 Å². The van der Waals surface area contributed by atoms with Gasteiger partial charge in [-0.15, -0.1) is 0 Å². The number of esters is 1. The van der Waals surface area contributed by atoms with Gasteiger partial charge < -0.3 is 14.2 Å². The van der Waals surface area contributed by atoms with Crippen LogP contribution in [0.3, 0.4) is 0 Å². The molecule has 0 aliphatic heterocycles. The van der Waals surface area contributed by atoms with Crippen molar-refractivity contribution in [2.24, 2.45) is 0 Å². The predicted octanol–water partition coefficient (Wildman–Crippen LogP) is 18.9. The number of carbonyl (C=O) groups is 1. The van der Waals surface area contributed by atoms with Crippen LogP contribution in [0.4, 0.5) is 0 Å². The lowest BCUT2D eigenvalue weighted by atomic mass is 10.0. The zero-order chi connectivity index (χ0) is 42.6. The van der Waals surface area contributed by atoms with Crippen LogP contribution in [0.1, 0.15) is 316 Å². The summed E-state index contributed by atoms with van der Waals surface area (Å²) in [5.74, 6) is -0.0740. The Balaban J connectivity index is 4.06. The van der Waals surface area contributed by atoms with Crippen LogP contribution < -0.4 is 0 Å². The smallest absolute Gasteiger partial charge is 0.306 e. The Morgan fingerprint density at radius 3 is 0.729 bits per heavy atom. The molecule has 0 saturated heterocycles. The number of carbonyl (C=O) groups excluding carboxylic acids is 1. The number of hydrogen-bond acceptors (Lipinski definition) is 4. The quantitative estimate of drug-likeness (QED) is 0.0452. The van der Waals surface area contributed by atoms with Gasteiger partial charge in [0.2, 0.25) is 0 Å². The van der Waals surface area contributed by atoms with Crippen LogP contribution in [0.25, 0.3) is 0 Å². The number of unbranched alkanes of at least 4 members (excludes halogenated alkanes) is 42. The lowest BCUT2D eigenvalue weighted by Crippen LogP contribution is -2.29. The molecular weight excluding hydrogens is 725 g/mol. The molecule has 0 rings (SSSR count). The van der Waals surface area contributed by atoms with Gasteiger partial charge in [-0.2, -0.15) is 0 Å². The van der Waals surface area contributed by atoms with Crippen molar-refractivity contribution in [3.63, 3.8) is 0 Å². The van der Waals surface area contributed by atoms with E-state index in [0.717, 1.165) is 38.9 Å². The zero-order valence-electron chi connectivity index (χ0n) is 41.1. The van der Waals surface area contributed by atoms with E-state index < -0.39 is 0 Å². The van der Waals surface area contributed by atoms with Gasteiger partial charge in [-0.3, -0.25) is 4.79 Å². The van der Waals surface area contributed by atoms with Gasteiger partial charge in [-0.1, -0.05) is 290 Å². The molecule has 0 N–H and O–H groups in total. The molecule has 0 aromatic rings. The van der Waals surface area contributed by atoms with Crippen molar-refractivity contribution in [2.75, 3.05) is 26.4 Å². The van der Waals surface area contributed by atoms with Crippen LogP contribution in [-0.2, 0) is 19.0 Å². The highest BCUT2D eigenvalue weighted by Gasteiger charge is 2.15. The molecule has 0 spiro atoms. The summed E-state index contributed by atoms with van der Waals surface area (Å²) in [7, 11) is 0. The van der Waals surface area contributed by atoms with Gasteiger partial charge in [0.1, 0.15) is 6.10 Å². The van der Waals surface area contributed by atoms with Crippen molar-refractivity contribution >= 4 is 5.97 Å². The van der Waals surface area contributed by atoms with E-state index in [1.807, 2.05) is 0 Å². The standard InChI is InChI=1S/C55H110O4/c1-4-7-10-13-16-19-22-25-27-29-32-35-38-41-44-47-50-57-52-54(59-55(56)49-46-43-40-37-34-31-24-21-18-15-12-9-6-3)53-58-51-48-45-42-39-36-33-30-28-26-23-20-17-14-11-8-5-2/h54H,4-53H2,1-3H3. The summed E-state index contributed by atoms with van der Waals surface area (Å²) in [6.07, 6.45) is 61.4. The third-order valence-corrected chi connectivity index (χ3v) is 12.7. The third-order valence-electron chi connectivity index (χ3n) is 12.7. The van der Waals surface area contributed by atoms with E-state index >= 15 is 0 Å². The largest absolute Gasteiger partial charge is 0.457 e. The molecule has 0 aromatic heterocycles. The van der Waals surface area contributed by atoms with E-state index in [0.29, 0.717) is 19.6 Å². The fourth-order valence-electron chi connectivity index (χ4n) is 8.58. The first kappa shape index (κ1) is 58.4. The van der Waals surface area contributed by atoms with Crippen molar-refractivity contribution < 1.29 is 19.0 Å². The monoisotopic (exact) mass is 835 g/mol. The second kappa shape index (κ2) is 53.5. The topological polar surface area (TPSA) is 44.8 Å². The fourth-order valence-corrected chi connectivity index (χ4v) is 8.58. The molecule has 4 nitrogen and oxygen atoms in total. The molecule has 0 aliphatic carbocycles. The molecule has 0 unspecified atom stereocenters. The second-order valence-corrected chi connectivity index (χ2v) is 18.9. The molecule has 0 aromatic carbocycles. The second-order valence-electron chi connectivity index (χ2n) is 18.9. The number of ether oxygens (including phenoxy) is 3. The summed E-state index contributed by atoms with van der Waals surface area (Å²) >= 11 is 0. The predicted molar refractivity (Wildman–Crippen MR) is 261 cm³/mol. The summed E-state index contributed by atoms with van der Waals surface area (Å²) < 4.78 is 18.1. The summed E-state index contributed by atoms with van der Waals surface area (Å²) in [5.41, 5.74) is 0. The molecule has 354 valence electrons. The minimum Gasteiger partial charge on any atom is -0.457 e. The van der Waals surface area contributed by atoms with Crippen molar-refractivity contribution in [3.8, 4) is 0 Å². The van der Waals surface area contributed by atoms with E-state index in [2.05, 4.69) is 20.8 Å². The molecular formula is C55H110O4. The summed E-state index contributed by atoms with van der Waals surface area (Å²) in [6, 6.07) is 0. The minimum absolute atomic E-state index is 0.0740. The van der Waals surface area contributed by atoms with E-state index in [1.54, 1.807) is 0 Å². The Morgan fingerprint density at radius 2 is 0.492 bits per heavy atom. The maximum atomic E-state index is 12.8. The van der Waals surface area contributed by atoms with Gasteiger partial charge >= 0.3 is 5.97 Å². The normalized spacial score (nSPS) is 11.7. The Hall–Kier alpha value is -0.610. The van der Waals surface area contributed by atoms with Crippen molar-refractivity contribution in [1.82, 2.24) is 0 Å². The van der Waals surface area contributed by atoms with Crippen LogP contribution in [0.5, 0.6) is 0 Å². The van der Waals surface area contributed by atoms with E-state index in [9.17, 15) is 4.79 Å². The Kier molecular flexibility index (Phi) is 53.0. The minimum atomic E-state index is -0.286. The van der Waals surface area contributed by atoms with Crippen LogP contribution in [0, 0.1) is 0 Å². The molecule has 0 amide bonds. The molecule has 0 atom stereocenters. The van der Waals surface area contributed by atoms with Gasteiger partial charge in [0.15, 0.2) is 0 Å². The molecule has 0 bridgehead atoms. The first-order valence-electron chi connectivity index (χ1n) is 27.6. The summed E-state index contributed by atoms with van der Waals surface area (Å²) in [5, 5.41) is 0. The summed E-state index contributed by atoms with van der Waals surface area (Å²) in [4.78, 5) is 12.8. The maximum Gasteiger partial charge on any atom is 0.306 e. The van der Waals surface area contributed by atoms with Gasteiger partial charge in [-0.05, 0) is 19.3 Å². The molecule has 0 radical (unpaired) electrons. The first-order valence-corrected chi connectivity index (χ1v) is 27.6. The van der Waals surface area contributed by atoms with Gasteiger partial charge in [0, 0.05) is 19.6 Å². The van der Waals surface area contributed by atoms with Crippen LogP contribution >= 0.6 is 0 Å². The highest BCUT2D eigenvalue weighted by molar-refractivity contribution is 5.69. The van der Waals surface area contributed by atoms with E-state index in [1.165, 1.54) is 263 Å². The van der Waals surface area contributed by atoms with E-state index in [-0.39, 0.29) is 12.1 Å². The van der Waals surface area contributed by atoms with Gasteiger partial charge in [-0.25, -0.2) is 0 Å². The lowest BCUT2D eigenvalue weighted by Gasteiger charge is -2.18. The zero-order valence-corrected chi connectivity index (χ0v) is 41.1. The van der Waals surface area contributed by atoms with Crippen molar-refractivity contribution in [3.05, 3.63) is 0 Å². The van der Waals surface area contributed by atoms with Crippen LogP contribution in [0.15, 0.2) is 0 Å². The number of rotatable bonds is 53. The van der Waals surface area contributed by atoms with Crippen LogP contribution in [0.2, 0.25) is 0 Å². The Bertz CT molecular complexity index is 715. The average molecular weight is 835 g/mol. The molecule has 0 aliphatic rings. The highest BCUT2D eigenvalue weighted by atomic mass is 16.6. The lowest BCUT2D eigenvalue weighted by molar-refractivity contribution is -0.156. The molecule has 0 fully saturated rings. The number of hydrogen-bond donors (Lipinski definition) is 0. The van der Waals surface area contributed by atoms with E-state index in [4.69, 9.17) is 14.2 Å². The SMILES string of the molecule is CCCCCCCCCCCCCCCCCCOCC(COCCCCCCCCCCCCCCCCCC)OC(=O)CCCCCCCCCCCCCCC. The van der Waals surface area contributed by atoms with Crippen LogP contribution in [-0.4, -0.2) is 38.5 Å². The van der Waals surface area contributed by atoms with Gasteiger partial charge in [0.25, 0.3) is 0 Å². The molecule has 59 heavy (non-hydrogen) atoms. The Morgan fingerprint density at radius 1 is 0.288 bits per heavy atom. The van der Waals surface area contributed by atoms with Gasteiger partial charge in [0.05, 0.1) is 13.2 Å². The molecule has 4 heteroatoms.